The molecule has 13 rings (SSSR count). The first kappa shape index (κ1) is 43.2. The summed E-state index contributed by atoms with van der Waals surface area (Å²) in [6.45, 7) is 4.84. The molecule has 344 valence electrons. The molecule has 10 aromatic carbocycles. The minimum Gasteiger partial charge on any atom is -0.310 e. The molecule has 0 N–H and O–H groups in total. The third-order valence-corrected chi connectivity index (χ3v) is 15.3. The van der Waals surface area contributed by atoms with Crippen LogP contribution >= 0.6 is 0 Å². The third kappa shape index (κ3) is 7.31. The minimum atomic E-state index is -0.252. The van der Waals surface area contributed by atoms with Gasteiger partial charge in [0.15, 0.2) is 0 Å². The van der Waals surface area contributed by atoms with E-state index in [4.69, 9.17) is 0 Å². The number of anilines is 3. The largest absolute Gasteiger partial charge is 0.310 e. The highest BCUT2D eigenvalue weighted by Gasteiger charge is 2.40. The summed E-state index contributed by atoms with van der Waals surface area (Å²) in [7, 11) is 0. The number of halogens is 1. The SMILES string of the molecule is CC1(C)C2=C(C=CC(c3cc4c(-c5ccccc5)c(-c5ccccc5)n(-c5ccc(F)cc5)c4c4ccccc34)C2)c2ccc(N(c3ccc(-c4ccccc4)cc3)c3ccc(-c4ccccc4)cc3)cc21. The molecule has 1 aromatic heterocycles. The van der Waals surface area contributed by atoms with Gasteiger partial charge in [0.2, 0.25) is 0 Å². The molecule has 1 heterocycles. The predicted octanol–water partition coefficient (Wildman–Crippen LogP) is 18.8. The lowest BCUT2D eigenvalue weighted by atomic mass is 9.74. The average Bonchev–Trinajstić information content (AvgIpc) is 3.90. The summed E-state index contributed by atoms with van der Waals surface area (Å²) >= 11 is 0. The van der Waals surface area contributed by atoms with Crippen LogP contribution in [-0.2, 0) is 5.41 Å². The number of rotatable bonds is 9. The third-order valence-electron chi connectivity index (χ3n) is 15.3. The Balaban J connectivity index is 0.919. The van der Waals surface area contributed by atoms with Crippen LogP contribution in [0.1, 0.15) is 42.9 Å². The molecular weight excluding hydrogens is 876 g/mol. The highest BCUT2D eigenvalue weighted by atomic mass is 19.1. The van der Waals surface area contributed by atoms with Crippen LogP contribution < -0.4 is 4.90 Å². The normalized spacial score (nSPS) is 14.7. The van der Waals surface area contributed by atoms with Gasteiger partial charge in [-0.2, -0.15) is 0 Å². The van der Waals surface area contributed by atoms with Gasteiger partial charge in [0, 0.05) is 50.4 Å². The number of allylic oxidation sites excluding steroid dienone is 4. The van der Waals surface area contributed by atoms with Crippen molar-refractivity contribution in [1.82, 2.24) is 4.57 Å². The Morgan fingerprint density at radius 2 is 0.972 bits per heavy atom. The first-order valence-corrected chi connectivity index (χ1v) is 25.0. The van der Waals surface area contributed by atoms with E-state index in [2.05, 4.69) is 254 Å². The Morgan fingerprint density at radius 1 is 0.472 bits per heavy atom. The van der Waals surface area contributed by atoms with Gasteiger partial charge < -0.3 is 9.47 Å². The molecular formula is C69H51FN2. The summed E-state index contributed by atoms with van der Waals surface area (Å²) in [5, 5.41) is 3.58. The van der Waals surface area contributed by atoms with Crippen LogP contribution in [0.3, 0.4) is 0 Å². The number of fused-ring (bicyclic) bond motifs is 5. The number of aromatic nitrogens is 1. The number of hydrogen-bond acceptors (Lipinski definition) is 1. The smallest absolute Gasteiger partial charge is 0.123 e. The monoisotopic (exact) mass is 926 g/mol. The maximum atomic E-state index is 14.7. The predicted molar refractivity (Wildman–Crippen MR) is 300 cm³/mol. The van der Waals surface area contributed by atoms with Crippen molar-refractivity contribution in [2.45, 2.75) is 31.6 Å². The van der Waals surface area contributed by atoms with Gasteiger partial charge in [-0.05, 0) is 134 Å². The van der Waals surface area contributed by atoms with Crippen LogP contribution in [0.5, 0.6) is 0 Å². The number of benzene rings is 10. The van der Waals surface area contributed by atoms with Gasteiger partial charge in [0.1, 0.15) is 5.82 Å². The van der Waals surface area contributed by atoms with E-state index in [9.17, 15) is 4.39 Å². The minimum absolute atomic E-state index is 0.131. The first-order valence-electron chi connectivity index (χ1n) is 25.0. The van der Waals surface area contributed by atoms with E-state index in [-0.39, 0.29) is 17.2 Å². The molecule has 0 spiro atoms. The molecule has 0 fully saturated rings. The maximum absolute atomic E-state index is 14.7. The zero-order valence-electron chi connectivity index (χ0n) is 40.3. The zero-order chi connectivity index (χ0) is 48.3. The molecule has 2 aliphatic carbocycles. The second-order valence-electron chi connectivity index (χ2n) is 19.8. The van der Waals surface area contributed by atoms with Crippen molar-refractivity contribution in [3.63, 3.8) is 0 Å². The quantitative estimate of drug-likeness (QED) is 0.140. The summed E-state index contributed by atoms with van der Waals surface area (Å²) in [6, 6.07) is 86.0. The number of hydrogen-bond donors (Lipinski definition) is 0. The van der Waals surface area contributed by atoms with Crippen molar-refractivity contribution in [2.24, 2.45) is 0 Å². The molecule has 2 nitrogen and oxygen atoms in total. The Bertz CT molecular complexity index is 3790. The lowest BCUT2D eigenvalue weighted by Crippen LogP contribution is -2.20. The summed E-state index contributed by atoms with van der Waals surface area (Å²) < 4.78 is 17.0. The molecule has 0 bridgehead atoms. The number of nitrogens with zero attached hydrogens (tertiary/aromatic N) is 2. The van der Waals surface area contributed by atoms with Crippen LogP contribution in [0.15, 0.2) is 260 Å². The lowest BCUT2D eigenvalue weighted by Gasteiger charge is -2.31. The highest BCUT2D eigenvalue weighted by molar-refractivity contribution is 6.17. The summed E-state index contributed by atoms with van der Waals surface area (Å²) in [4.78, 5) is 2.41. The van der Waals surface area contributed by atoms with E-state index >= 15 is 0 Å². The van der Waals surface area contributed by atoms with Crippen molar-refractivity contribution >= 4 is 44.3 Å². The van der Waals surface area contributed by atoms with Crippen molar-refractivity contribution < 1.29 is 4.39 Å². The Kier molecular flexibility index (Phi) is 10.5. The van der Waals surface area contributed by atoms with E-state index in [1.165, 1.54) is 71.8 Å². The van der Waals surface area contributed by atoms with E-state index in [0.717, 1.165) is 51.5 Å². The van der Waals surface area contributed by atoms with Gasteiger partial charge in [-0.1, -0.05) is 207 Å². The second kappa shape index (κ2) is 17.6. The average molecular weight is 927 g/mol. The standard InChI is InChI=1S/C69H51FN2/c1-69(2)64-43-52(62-45-63-66(50-21-11-5-12-22-50)67(51-23-13-6-14-24-51)72(56-38-32-53(70)33-39-56)68(63)61-26-16-15-25-58(61)62)31-41-59(64)60-42-40-57(44-65(60)69)71(54-34-27-48(28-35-54)46-17-7-3-8-18-46)55-36-29-49(30-37-55)47-19-9-4-10-20-47/h3-42,44-45,52H,43H2,1-2H3. The Morgan fingerprint density at radius 3 is 1.56 bits per heavy atom. The zero-order valence-corrected chi connectivity index (χ0v) is 40.3. The fraction of sp³-hybridized carbons (Fsp3) is 0.0725. The Hall–Kier alpha value is -8.79. The van der Waals surface area contributed by atoms with Gasteiger partial charge in [-0.25, -0.2) is 4.39 Å². The molecule has 0 aliphatic heterocycles. The van der Waals surface area contributed by atoms with Gasteiger partial charge >= 0.3 is 0 Å². The molecule has 1 unspecified atom stereocenters. The van der Waals surface area contributed by atoms with Crippen LogP contribution in [0, 0.1) is 5.82 Å². The molecule has 0 amide bonds. The molecule has 3 heteroatoms. The molecule has 11 aromatic rings. The molecule has 2 aliphatic rings. The second-order valence-corrected chi connectivity index (χ2v) is 19.8. The van der Waals surface area contributed by atoms with Gasteiger partial charge in [-0.15, -0.1) is 0 Å². The lowest BCUT2D eigenvalue weighted by molar-refractivity contribution is 0.592. The van der Waals surface area contributed by atoms with E-state index < -0.39 is 0 Å². The van der Waals surface area contributed by atoms with Crippen LogP contribution in [0.2, 0.25) is 0 Å². The van der Waals surface area contributed by atoms with E-state index in [1.54, 1.807) is 12.1 Å². The van der Waals surface area contributed by atoms with E-state index in [1.807, 2.05) is 12.1 Å². The maximum Gasteiger partial charge on any atom is 0.123 e. The van der Waals surface area contributed by atoms with Crippen molar-refractivity contribution in [3.8, 4) is 50.3 Å². The summed E-state index contributed by atoms with van der Waals surface area (Å²) in [5.41, 5.74) is 21.2. The molecule has 0 saturated carbocycles. The summed E-state index contributed by atoms with van der Waals surface area (Å²) in [6.07, 6.45) is 5.77. The van der Waals surface area contributed by atoms with Crippen LogP contribution in [0.4, 0.5) is 21.5 Å². The molecule has 72 heavy (non-hydrogen) atoms. The summed E-state index contributed by atoms with van der Waals surface area (Å²) in [5.74, 6) is -0.121. The Labute approximate surface area is 420 Å². The molecule has 1 atom stereocenters. The highest BCUT2D eigenvalue weighted by Crippen LogP contribution is 2.55. The van der Waals surface area contributed by atoms with Gasteiger partial charge in [0.05, 0.1) is 11.2 Å². The van der Waals surface area contributed by atoms with Crippen molar-refractivity contribution in [3.05, 3.63) is 283 Å². The topological polar surface area (TPSA) is 8.17 Å². The fourth-order valence-electron chi connectivity index (χ4n) is 11.8. The van der Waals surface area contributed by atoms with Crippen LogP contribution in [0.25, 0.3) is 77.6 Å². The van der Waals surface area contributed by atoms with Gasteiger partial charge in [0.25, 0.3) is 0 Å². The fourth-order valence-corrected chi connectivity index (χ4v) is 11.8. The van der Waals surface area contributed by atoms with Crippen molar-refractivity contribution in [1.29, 1.82) is 0 Å². The van der Waals surface area contributed by atoms with E-state index in [0.29, 0.717) is 0 Å². The van der Waals surface area contributed by atoms with Gasteiger partial charge in [-0.3, -0.25) is 0 Å². The molecule has 0 saturated heterocycles. The first-order chi connectivity index (χ1) is 35.4. The van der Waals surface area contributed by atoms with Crippen molar-refractivity contribution in [2.75, 3.05) is 4.90 Å². The molecule has 0 radical (unpaired) electrons. The van der Waals surface area contributed by atoms with Crippen LogP contribution in [-0.4, -0.2) is 4.57 Å².